The predicted molar refractivity (Wildman–Crippen MR) is 64.1 cm³/mol. The smallest absolute Gasteiger partial charge is 0.318 e. The van der Waals surface area contributed by atoms with Crippen LogP contribution in [0.5, 0.6) is 0 Å². The lowest BCUT2D eigenvalue weighted by Gasteiger charge is -2.37. The zero-order valence-corrected chi connectivity index (χ0v) is 10.5. The number of urea groups is 1. The van der Waals surface area contributed by atoms with Gasteiger partial charge in [0, 0.05) is 18.1 Å². The third kappa shape index (κ3) is 2.75. The van der Waals surface area contributed by atoms with Gasteiger partial charge in [0.05, 0.1) is 12.5 Å². The molecule has 2 aliphatic heterocycles. The van der Waals surface area contributed by atoms with E-state index in [9.17, 15) is 14.7 Å². The van der Waals surface area contributed by atoms with Crippen LogP contribution in [0.15, 0.2) is 0 Å². The van der Waals surface area contributed by atoms with E-state index < -0.39 is 5.97 Å². The minimum atomic E-state index is -0.917. The molecule has 2 amide bonds. The Morgan fingerprint density at radius 2 is 1.89 bits per heavy atom. The van der Waals surface area contributed by atoms with Crippen molar-refractivity contribution in [2.75, 3.05) is 0 Å². The fraction of sp³-hybridized carbons (Fsp3) is 0.833. The molecule has 2 heterocycles. The molecule has 2 rings (SSSR count). The van der Waals surface area contributed by atoms with Gasteiger partial charge in [0.2, 0.25) is 0 Å². The van der Waals surface area contributed by atoms with E-state index in [1.807, 2.05) is 0 Å². The molecule has 3 unspecified atom stereocenters. The average molecular weight is 256 g/mol. The van der Waals surface area contributed by atoms with Gasteiger partial charge in [0.1, 0.15) is 0 Å². The second-order valence-corrected chi connectivity index (χ2v) is 5.37. The normalized spacial score (nSPS) is 32.1. The third-order valence-electron chi connectivity index (χ3n) is 3.79. The van der Waals surface area contributed by atoms with Gasteiger partial charge >= 0.3 is 12.0 Å². The summed E-state index contributed by atoms with van der Waals surface area (Å²) >= 11 is 0. The van der Waals surface area contributed by atoms with E-state index in [4.69, 9.17) is 5.11 Å². The zero-order valence-electron chi connectivity index (χ0n) is 10.5. The average Bonchev–Trinajstić information content (AvgIpc) is 2.50. The molecular formula is C12H20N2O4. The van der Waals surface area contributed by atoms with Crippen LogP contribution in [0.4, 0.5) is 4.79 Å². The molecule has 3 atom stereocenters. The van der Waals surface area contributed by atoms with E-state index in [1.54, 1.807) is 11.8 Å². The lowest BCUT2D eigenvalue weighted by atomic mass is 10.0. The number of hydrogen-bond acceptors (Lipinski definition) is 3. The van der Waals surface area contributed by atoms with Crippen LogP contribution in [0.1, 0.15) is 39.0 Å². The molecule has 0 aromatic carbocycles. The molecule has 0 spiro atoms. The maximum absolute atomic E-state index is 12.1. The Hall–Kier alpha value is -1.30. The highest BCUT2D eigenvalue weighted by Gasteiger charge is 2.42. The number of aliphatic hydroxyl groups excluding tert-OH is 1. The molecular weight excluding hydrogens is 236 g/mol. The molecule has 0 aromatic heterocycles. The monoisotopic (exact) mass is 256 g/mol. The van der Waals surface area contributed by atoms with Crippen LogP contribution in [0.25, 0.3) is 0 Å². The van der Waals surface area contributed by atoms with Crippen LogP contribution < -0.4 is 5.32 Å². The topological polar surface area (TPSA) is 89.9 Å². The summed E-state index contributed by atoms with van der Waals surface area (Å²) in [6.45, 7) is 1.69. The van der Waals surface area contributed by atoms with Crippen molar-refractivity contribution >= 4 is 12.0 Å². The Bertz CT molecular complexity index is 333. The minimum Gasteiger partial charge on any atom is -0.481 e. The molecule has 6 heteroatoms. The van der Waals surface area contributed by atoms with Crippen LogP contribution in [-0.2, 0) is 4.79 Å². The van der Waals surface area contributed by atoms with Gasteiger partial charge in [-0.2, -0.15) is 0 Å². The first-order chi connectivity index (χ1) is 8.47. The number of rotatable bonds is 3. The number of nitrogens with zero attached hydrogens (tertiary/aromatic N) is 1. The second-order valence-electron chi connectivity index (χ2n) is 5.37. The molecule has 2 fully saturated rings. The first-order valence-corrected chi connectivity index (χ1v) is 6.46. The summed E-state index contributed by atoms with van der Waals surface area (Å²) in [5.74, 6) is -0.917. The van der Waals surface area contributed by atoms with Gasteiger partial charge in [-0.25, -0.2) is 4.79 Å². The fourth-order valence-corrected chi connectivity index (χ4v) is 3.08. The molecule has 0 saturated carbocycles. The van der Waals surface area contributed by atoms with Crippen molar-refractivity contribution in [1.29, 1.82) is 0 Å². The predicted octanol–water partition coefficient (Wildman–Crippen LogP) is 0.547. The van der Waals surface area contributed by atoms with Gasteiger partial charge in [-0.1, -0.05) is 0 Å². The van der Waals surface area contributed by atoms with Gasteiger partial charge in [0.15, 0.2) is 0 Å². The lowest BCUT2D eigenvalue weighted by Crippen LogP contribution is -2.53. The molecule has 0 aliphatic carbocycles. The summed E-state index contributed by atoms with van der Waals surface area (Å²) in [5.41, 5.74) is 0. The van der Waals surface area contributed by atoms with Crippen molar-refractivity contribution in [3.63, 3.8) is 0 Å². The Balaban J connectivity index is 1.92. The molecule has 0 aromatic rings. The van der Waals surface area contributed by atoms with E-state index in [2.05, 4.69) is 5.32 Å². The summed E-state index contributed by atoms with van der Waals surface area (Å²) in [7, 11) is 0. The minimum absolute atomic E-state index is 0.0719. The van der Waals surface area contributed by atoms with Crippen molar-refractivity contribution in [2.24, 2.45) is 0 Å². The Morgan fingerprint density at radius 3 is 2.39 bits per heavy atom. The standard InChI is InChI=1S/C12H20N2O4/c1-7(4-11(16)17)13-12(18)14-8-2-3-9(14)6-10(15)5-8/h7-10,15H,2-6H2,1H3,(H,13,18)(H,16,17). The van der Waals surface area contributed by atoms with E-state index in [0.717, 1.165) is 12.8 Å². The van der Waals surface area contributed by atoms with E-state index in [1.165, 1.54) is 0 Å². The quantitative estimate of drug-likeness (QED) is 0.687. The number of aliphatic carboxylic acids is 1. The lowest BCUT2D eigenvalue weighted by molar-refractivity contribution is -0.137. The van der Waals surface area contributed by atoms with E-state index in [0.29, 0.717) is 12.8 Å². The van der Waals surface area contributed by atoms with Crippen molar-refractivity contribution in [3.8, 4) is 0 Å². The number of carboxylic acid groups (broad SMARTS) is 1. The largest absolute Gasteiger partial charge is 0.481 e. The van der Waals surface area contributed by atoms with Crippen LogP contribution in [0.3, 0.4) is 0 Å². The fourth-order valence-electron chi connectivity index (χ4n) is 3.08. The highest BCUT2D eigenvalue weighted by molar-refractivity contribution is 5.77. The van der Waals surface area contributed by atoms with Gasteiger partial charge in [-0.05, 0) is 32.6 Å². The molecule has 2 aliphatic rings. The van der Waals surface area contributed by atoms with Gasteiger partial charge in [0.25, 0.3) is 0 Å². The number of hydrogen-bond donors (Lipinski definition) is 3. The molecule has 18 heavy (non-hydrogen) atoms. The van der Waals surface area contributed by atoms with E-state index in [-0.39, 0.29) is 36.7 Å². The Labute approximate surface area is 106 Å². The molecule has 2 saturated heterocycles. The Kier molecular flexibility index (Phi) is 3.75. The summed E-state index contributed by atoms with van der Waals surface area (Å²) < 4.78 is 0. The Morgan fingerprint density at radius 1 is 1.33 bits per heavy atom. The van der Waals surface area contributed by atoms with Crippen LogP contribution in [0.2, 0.25) is 0 Å². The third-order valence-corrected chi connectivity index (χ3v) is 3.79. The number of carbonyl (C=O) groups is 2. The number of piperidine rings is 1. The summed E-state index contributed by atoms with van der Waals surface area (Å²) in [4.78, 5) is 24.4. The van der Waals surface area contributed by atoms with Crippen LogP contribution in [-0.4, -0.2) is 51.3 Å². The first-order valence-electron chi connectivity index (χ1n) is 6.46. The molecule has 6 nitrogen and oxygen atoms in total. The number of carboxylic acids is 1. The van der Waals surface area contributed by atoms with Crippen molar-refractivity contribution < 1.29 is 19.8 Å². The zero-order chi connectivity index (χ0) is 13.3. The van der Waals surface area contributed by atoms with Crippen LogP contribution >= 0.6 is 0 Å². The number of amides is 2. The van der Waals surface area contributed by atoms with Gasteiger partial charge in [-0.3, -0.25) is 4.79 Å². The summed E-state index contributed by atoms with van der Waals surface area (Å²) in [6.07, 6.45) is 2.76. The maximum Gasteiger partial charge on any atom is 0.318 e. The highest BCUT2D eigenvalue weighted by atomic mass is 16.4. The first kappa shape index (κ1) is 13.1. The van der Waals surface area contributed by atoms with Gasteiger partial charge in [-0.15, -0.1) is 0 Å². The highest BCUT2D eigenvalue weighted by Crippen LogP contribution is 2.35. The van der Waals surface area contributed by atoms with Crippen molar-refractivity contribution in [1.82, 2.24) is 10.2 Å². The van der Waals surface area contributed by atoms with Gasteiger partial charge < -0.3 is 20.4 Å². The number of nitrogens with one attached hydrogen (secondary N) is 1. The number of aliphatic hydroxyl groups is 1. The molecule has 0 radical (unpaired) electrons. The molecule has 3 N–H and O–H groups in total. The summed E-state index contributed by atoms with van der Waals surface area (Å²) in [6, 6.07) is -0.351. The molecule has 2 bridgehead atoms. The van der Waals surface area contributed by atoms with Crippen molar-refractivity contribution in [3.05, 3.63) is 0 Å². The van der Waals surface area contributed by atoms with E-state index >= 15 is 0 Å². The van der Waals surface area contributed by atoms with Crippen molar-refractivity contribution in [2.45, 2.75) is 63.3 Å². The number of fused-ring (bicyclic) bond motifs is 2. The SMILES string of the molecule is CC(CC(=O)O)NC(=O)N1C2CCC1CC(O)C2. The summed E-state index contributed by atoms with van der Waals surface area (Å²) in [5, 5.41) is 21.0. The molecule has 102 valence electrons. The maximum atomic E-state index is 12.1. The number of carbonyl (C=O) groups excluding carboxylic acids is 1. The van der Waals surface area contributed by atoms with Crippen LogP contribution in [0, 0.1) is 0 Å². The second kappa shape index (κ2) is 5.14.